The summed E-state index contributed by atoms with van der Waals surface area (Å²) in [4.78, 5) is 24.9. The summed E-state index contributed by atoms with van der Waals surface area (Å²) >= 11 is 0. The molecule has 3 aromatic carbocycles. The molecule has 0 radical (unpaired) electrons. The first-order valence-electron chi connectivity index (χ1n) is 9.03. The van der Waals surface area contributed by atoms with Crippen LogP contribution in [0.1, 0.15) is 31.8 Å². The number of rotatable bonds is 5. The minimum absolute atomic E-state index is 0.178. The van der Waals surface area contributed by atoms with E-state index in [0.717, 1.165) is 11.1 Å². The van der Waals surface area contributed by atoms with Gasteiger partial charge in [0.25, 0.3) is 0 Å². The molecule has 3 aromatic rings. The molecule has 0 aliphatic heterocycles. The molecule has 0 amide bonds. The van der Waals surface area contributed by atoms with Gasteiger partial charge in [0, 0.05) is 23.8 Å². The van der Waals surface area contributed by atoms with Crippen LogP contribution in [-0.2, 0) is 15.1 Å². The molecule has 29 heavy (non-hydrogen) atoms. The van der Waals surface area contributed by atoms with Crippen molar-refractivity contribution in [1.82, 2.24) is 0 Å². The molecule has 0 aromatic heterocycles. The molecular formula is C25H20O4. The van der Waals surface area contributed by atoms with Crippen molar-refractivity contribution in [3.8, 4) is 11.8 Å². The smallest absolute Gasteiger partial charge is 0.338 e. The van der Waals surface area contributed by atoms with Gasteiger partial charge in [-0.15, -0.1) is 0 Å². The van der Waals surface area contributed by atoms with Crippen LogP contribution in [0.25, 0.3) is 0 Å². The van der Waals surface area contributed by atoms with Gasteiger partial charge in [-0.2, -0.15) is 0 Å². The van der Waals surface area contributed by atoms with Crippen LogP contribution in [0, 0.1) is 11.8 Å². The Hall–Kier alpha value is -3.68. The fraction of sp³-hybridized carbons (Fsp3) is 0.120. The van der Waals surface area contributed by atoms with Gasteiger partial charge >= 0.3 is 5.97 Å². The number of carbonyl (C=O) groups excluding carboxylic acids is 2. The lowest BCUT2D eigenvalue weighted by Crippen LogP contribution is -2.28. The van der Waals surface area contributed by atoms with Gasteiger partial charge in [-0.3, -0.25) is 4.79 Å². The molecule has 0 saturated carbocycles. The molecule has 0 bridgehead atoms. The van der Waals surface area contributed by atoms with Crippen molar-refractivity contribution < 1.29 is 19.1 Å². The Morgan fingerprint density at radius 3 is 1.69 bits per heavy atom. The maximum Gasteiger partial charge on any atom is 0.338 e. The highest BCUT2D eigenvalue weighted by molar-refractivity contribution is 6.14. The summed E-state index contributed by atoms with van der Waals surface area (Å²) in [7, 11) is 2.83. The van der Waals surface area contributed by atoms with Gasteiger partial charge in [0.1, 0.15) is 0 Å². The fourth-order valence-corrected chi connectivity index (χ4v) is 3.12. The fourth-order valence-electron chi connectivity index (χ4n) is 3.12. The molecule has 0 aliphatic rings. The molecule has 3 rings (SSSR count). The number of carbonyl (C=O) groups is 2. The highest BCUT2D eigenvalue weighted by Crippen LogP contribution is 2.32. The van der Waals surface area contributed by atoms with E-state index in [1.807, 2.05) is 60.7 Å². The molecule has 0 atom stereocenters. The van der Waals surface area contributed by atoms with Crippen molar-refractivity contribution in [2.75, 3.05) is 14.2 Å². The molecule has 0 fully saturated rings. The topological polar surface area (TPSA) is 52.6 Å². The van der Waals surface area contributed by atoms with Crippen LogP contribution in [0.3, 0.4) is 0 Å². The van der Waals surface area contributed by atoms with Gasteiger partial charge in [-0.05, 0) is 24.0 Å². The predicted octanol–water partition coefficient (Wildman–Crippen LogP) is 4.25. The molecule has 0 saturated heterocycles. The molecule has 144 valence electrons. The third kappa shape index (κ3) is 4.11. The summed E-state index contributed by atoms with van der Waals surface area (Å²) in [5, 5.41) is 0. The molecule has 4 nitrogen and oxygen atoms in total. The standard InChI is InChI=1S/C25H20O4/c1-28-24(27)22-16-10-9-15-21(22)23(26)17-18-25(29-2,19-11-5-3-6-12-19)20-13-7-4-8-14-20/h3-16H,1-2H3. The summed E-state index contributed by atoms with van der Waals surface area (Å²) in [6, 6.07) is 25.4. The van der Waals surface area contributed by atoms with E-state index in [0.29, 0.717) is 0 Å². The summed E-state index contributed by atoms with van der Waals surface area (Å²) in [5.74, 6) is 4.64. The highest BCUT2D eigenvalue weighted by Gasteiger charge is 2.32. The lowest BCUT2D eigenvalue weighted by molar-refractivity contribution is 0.0597. The van der Waals surface area contributed by atoms with Gasteiger partial charge in [0.2, 0.25) is 5.78 Å². The maximum absolute atomic E-state index is 12.9. The Morgan fingerprint density at radius 1 is 0.724 bits per heavy atom. The van der Waals surface area contributed by atoms with Crippen LogP contribution in [-0.4, -0.2) is 26.0 Å². The normalized spacial score (nSPS) is 10.6. The molecule has 4 heteroatoms. The zero-order valence-corrected chi connectivity index (χ0v) is 16.2. The number of Topliss-reactive ketones (excluding diaryl/α,β-unsaturated/α-hetero) is 1. The van der Waals surface area contributed by atoms with E-state index in [9.17, 15) is 9.59 Å². The Bertz CT molecular complexity index is 1020. The van der Waals surface area contributed by atoms with Crippen LogP contribution in [0.4, 0.5) is 0 Å². The van der Waals surface area contributed by atoms with E-state index < -0.39 is 17.4 Å². The Balaban J connectivity index is 2.11. The van der Waals surface area contributed by atoms with Crippen molar-refractivity contribution >= 4 is 11.8 Å². The average molecular weight is 384 g/mol. The van der Waals surface area contributed by atoms with Crippen molar-refractivity contribution in [1.29, 1.82) is 0 Å². The zero-order chi connectivity index (χ0) is 20.7. The van der Waals surface area contributed by atoms with E-state index in [1.54, 1.807) is 31.4 Å². The van der Waals surface area contributed by atoms with Crippen molar-refractivity contribution in [2.24, 2.45) is 0 Å². The third-order valence-electron chi connectivity index (χ3n) is 4.60. The van der Waals surface area contributed by atoms with Gasteiger partial charge in [-0.25, -0.2) is 4.79 Å². The van der Waals surface area contributed by atoms with E-state index in [2.05, 4.69) is 11.8 Å². The van der Waals surface area contributed by atoms with Crippen molar-refractivity contribution in [2.45, 2.75) is 5.60 Å². The molecule has 0 heterocycles. The van der Waals surface area contributed by atoms with Crippen LogP contribution >= 0.6 is 0 Å². The second-order valence-electron chi connectivity index (χ2n) is 6.23. The minimum atomic E-state index is -1.13. The third-order valence-corrected chi connectivity index (χ3v) is 4.60. The number of esters is 1. The second kappa shape index (κ2) is 9.01. The number of benzene rings is 3. The predicted molar refractivity (Wildman–Crippen MR) is 111 cm³/mol. The molecule has 0 unspecified atom stereocenters. The Labute approximate surface area is 170 Å². The first kappa shape index (κ1) is 20.1. The largest absolute Gasteiger partial charge is 0.465 e. The number of ether oxygens (including phenoxy) is 2. The number of ketones is 1. The summed E-state index contributed by atoms with van der Waals surface area (Å²) < 4.78 is 10.6. The van der Waals surface area contributed by atoms with Crippen molar-refractivity contribution in [3.63, 3.8) is 0 Å². The lowest BCUT2D eigenvalue weighted by Gasteiger charge is -2.28. The maximum atomic E-state index is 12.9. The number of methoxy groups -OCH3 is 2. The van der Waals surface area contributed by atoms with Gasteiger partial charge in [-0.1, -0.05) is 72.8 Å². The average Bonchev–Trinajstić information content (AvgIpc) is 2.80. The van der Waals surface area contributed by atoms with Crippen LogP contribution < -0.4 is 0 Å². The molecule has 0 spiro atoms. The lowest BCUT2D eigenvalue weighted by atomic mass is 9.86. The van der Waals surface area contributed by atoms with Crippen LogP contribution in [0.5, 0.6) is 0 Å². The summed E-state index contributed by atoms with van der Waals surface area (Å²) in [6.07, 6.45) is 0. The van der Waals surface area contributed by atoms with Crippen LogP contribution in [0.15, 0.2) is 84.9 Å². The van der Waals surface area contributed by atoms with Crippen LogP contribution in [0.2, 0.25) is 0 Å². The van der Waals surface area contributed by atoms with E-state index in [1.165, 1.54) is 7.11 Å². The first-order chi connectivity index (χ1) is 14.1. The molecular weight excluding hydrogens is 364 g/mol. The van der Waals surface area contributed by atoms with Crippen molar-refractivity contribution in [3.05, 3.63) is 107 Å². The molecule has 0 aliphatic carbocycles. The SMILES string of the molecule is COC(=O)c1ccccc1C(=O)C#CC(OC)(c1ccccc1)c1ccccc1. The summed E-state index contributed by atoms with van der Waals surface area (Å²) in [5.41, 5.74) is 0.846. The second-order valence-corrected chi connectivity index (χ2v) is 6.23. The minimum Gasteiger partial charge on any atom is -0.465 e. The Kier molecular flexibility index (Phi) is 6.23. The first-order valence-corrected chi connectivity index (χ1v) is 9.03. The quantitative estimate of drug-likeness (QED) is 0.286. The monoisotopic (exact) mass is 384 g/mol. The van der Waals surface area contributed by atoms with Gasteiger partial charge in [0.15, 0.2) is 5.60 Å². The van der Waals surface area contributed by atoms with E-state index >= 15 is 0 Å². The van der Waals surface area contributed by atoms with Gasteiger partial charge < -0.3 is 9.47 Å². The zero-order valence-electron chi connectivity index (χ0n) is 16.2. The van der Waals surface area contributed by atoms with Gasteiger partial charge in [0.05, 0.1) is 12.7 Å². The van der Waals surface area contributed by atoms with E-state index in [-0.39, 0.29) is 11.1 Å². The Morgan fingerprint density at radius 2 is 1.21 bits per heavy atom. The highest BCUT2D eigenvalue weighted by atomic mass is 16.5. The number of hydrogen-bond acceptors (Lipinski definition) is 4. The number of hydrogen-bond donors (Lipinski definition) is 0. The summed E-state index contributed by atoms with van der Waals surface area (Å²) in [6.45, 7) is 0. The van der Waals surface area contributed by atoms with E-state index in [4.69, 9.17) is 9.47 Å². The molecule has 0 N–H and O–H groups in total.